The molecule has 0 radical (unpaired) electrons. The molecule has 0 bridgehead atoms. The number of pyridine rings is 1. The number of halogens is 1. The molecular formula is C14H16ClN5O. The van der Waals surface area contributed by atoms with Crippen molar-refractivity contribution in [2.24, 2.45) is 12.8 Å². The Bertz CT molecular complexity index is 671. The van der Waals surface area contributed by atoms with Crippen LogP contribution in [0, 0.1) is 0 Å². The van der Waals surface area contributed by atoms with Crippen LogP contribution in [0.1, 0.15) is 22.0 Å². The summed E-state index contributed by atoms with van der Waals surface area (Å²) in [4.78, 5) is 18.2. The smallest absolute Gasteiger partial charge is 0.255 e. The molecule has 2 aromatic rings. The molecule has 2 atom stereocenters. The number of amides is 1. The van der Waals surface area contributed by atoms with Gasteiger partial charge in [-0.3, -0.25) is 14.5 Å². The molecule has 0 aromatic carbocycles. The molecular weight excluding hydrogens is 290 g/mol. The highest BCUT2D eigenvalue weighted by molar-refractivity contribution is 6.33. The van der Waals surface area contributed by atoms with Gasteiger partial charge in [-0.25, -0.2) is 0 Å². The zero-order valence-electron chi connectivity index (χ0n) is 11.6. The number of rotatable bonds is 2. The van der Waals surface area contributed by atoms with E-state index in [1.807, 2.05) is 13.1 Å². The first-order valence-corrected chi connectivity index (χ1v) is 7.08. The minimum atomic E-state index is -0.109. The Hall–Kier alpha value is -1.92. The van der Waals surface area contributed by atoms with Gasteiger partial charge in [0.25, 0.3) is 5.91 Å². The van der Waals surface area contributed by atoms with E-state index in [4.69, 9.17) is 17.3 Å². The number of hydrogen-bond acceptors (Lipinski definition) is 4. The molecule has 1 aliphatic heterocycles. The number of carbonyl (C=O) groups is 1. The summed E-state index contributed by atoms with van der Waals surface area (Å²) in [6, 6.07) is 3.47. The maximum Gasteiger partial charge on any atom is 0.255 e. The van der Waals surface area contributed by atoms with Gasteiger partial charge in [0.15, 0.2) is 0 Å². The Labute approximate surface area is 127 Å². The van der Waals surface area contributed by atoms with Crippen molar-refractivity contribution >= 4 is 17.5 Å². The van der Waals surface area contributed by atoms with Gasteiger partial charge >= 0.3 is 0 Å². The maximum atomic E-state index is 12.5. The van der Waals surface area contributed by atoms with Gasteiger partial charge in [0.2, 0.25) is 0 Å². The zero-order chi connectivity index (χ0) is 15.0. The summed E-state index contributed by atoms with van der Waals surface area (Å²) in [5.41, 5.74) is 7.71. The summed E-state index contributed by atoms with van der Waals surface area (Å²) in [5.74, 6) is -0.0235. The third kappa shape index (κ3) is 2.52. The van der Waals surface area contributed by atoms with Gasteiger partial charge in [-0.15, -0.1) is 0 Å². The van der Waals surface area contributed by atoms with E-state index in [1.165, 1.54) is 6.20 Å². The minimum absolute atomic E-state index is 0.0852. The van der Waals surface area contributed by atoms with Crippen LogP contribution in [0.4, 0.5) is 0 Å². The highest BCUT2D eigenvalue weighted by atomic mass is 35.5. The summed E-state index contributed by atoms with van der Waals surface area (Å²) in [6.45, 7) is 1.07. The lowest BCUT2D eigenvalue weighted by Gasteiger charge is -2.17. The van der Waals surface area contributed by atoms with Crippen LogP contribution < -0.4 is 5.73 Å². The van der Waals surface area contributed by atoms with Crippen LogP contribution in [-0.2, 0) is 7.05 Å². The molecule has 0 saturated carbocycles. The van der Waals surface area contributed by atoms with E-state index in [-0.39, 0.29) is 17.9 Å². The highest BCUT2D eigenvalue weighted by Gasteiger charge is 2.36. The van der Waals surface area contributed by atoms with E-state index in [0.717, 1.165) is 5.69 Å². The lowest BCUT2D eigenvalue weighted by Crippen LogP contribution is -2.32. The topological polar surface area (TPSA) is 77.0 Å². The Morgan fingerprint density at radius 2 is 2.19 bits per heavy atom. The van der Waals surface area contributed by atoms with Crippen LogP contribution in [0.5, 0.6) is 0 Å². The third-order valence-electron chi connectivity index (χ3n) is 3.89. The number of aryl methyl sites for hydroxylation is 1. The van der Waals surface area contributed by atoms with Crippen LogP contribution in [0.15, 0.2) is 30.7 Å². The normalized spacial score (nSPS) is 21.8. The second kappa shape index (κ2) is 5.46. The van der Waals surface area contributed by atoms with E-state index >= 15 is 0 Å². The lowest BCUT2D eigenvalue weighted by atomic mass is 10.0. The zero-order valence-corrected chi connectivity index (χ0v) is 12.4. The number of likely N-dealkylation sites (tertiary alicyclic amines) is 1. The van der Waals surface area contributed by atoms with E-state index in [1.54, 1.807) is 28.0 Å². The lowest BCUT2D eigenvalue weighted by molar-refractivity contribution is 0.0789. The fraction of sp³-hybridized carbons (Fsp3) is 0.357. The summed E-state index contributed by atoms with van der Waals surface area (Å²) < 4.78 is 1.80. The second-order valence-electron chi connectivity index (χ2n) is 5.22. The van der Waals surface area contributed by atoms with Crippen molar-refractivity contribution in [3.63, 3.8) is 0 Å². The average Bonchev–Trinajstić information content (AvgIpc) is 3.04. The summed E-state index contributed by atoms with van der Waals surface area (Å²) in [6.07, 6.45) is 4.78. The van der Waals surface area contributed by atoms with Gasteiger partial charge in [0, 0.05) is 56.4 Å². The fourth-order valence-electron chi connectivity index (χ4n) is 2.77. The molecule has 2 N–H and O–H groups in total. The van der Waals surface area contributed by atoms with Crippen molar-refractivity contribution in [3.8, 4) is 0 Å². The molecule has 3 rings (SSSR count). The van der Waals surface area contributed by atoms with Crippen molar-refractivity contribution in [2.75, 3.05) is 13.1 Å². The van der Waals surface area contributed by atoms with Crippen LogP contribution in [0.3, 0.4) is 0 Å². The Morgan fingerprint density at radius 3 is 2.86 bits per heavy atom. The van der Waals surface area contributed by atoms with E-state index < -0.39 is 0 Å². The fourth-order valence-corrected chi connectivity index (χ4v) is 2.97. The van der Waals surface area contributed by atoms with Crippen molar-refractivity contribution in [1.29, 1.82) is 0 Å². The number of aromatic nitrogens is 3. The third-order valence-corrected chi connectivity index (χ3v) is 4.20. The minimum Gasteiger partial charge on any atom is -0.336 e. The first-order valence-electron chi connectivity index (χ1n) is 6.70. The van der Waals surface area contributed by atoms with Crippen molar-refractivity contribution in [1.82, 2.24) is 19.7 Å². The SMILES string of the molecule is Cn1nccc1[C@@H]1CN(C(=O)c2ccncc2Cl)C[C@H]1N. The molecule has 7 heteroatoms. The van der Waals surface area contributed by atoms with Gasteiger partial charge in [0.05, 0.1) is 10.6 Å². The highest BCUT2D eigenvalue weighted by Crippen LogP contribution is 2.28. The molecule has 1 fully saturated rings. The Balaban J connectivity index is 1.82. The van der Waals surface area contributed by atoms with Crippen molar-refractivity contribution < 1.29 is 4.79 Å². The van der Waals surface area contributed by atoms with Gasteiger partial charge in [-0.2, -0.15) is 5.10 Å². The molecule has 0 unspecified atom stereocenters. The molecule has 21 heavy (non-hydrogen) atoms. The van der Waals surface area contributed by atoms with Gasteiger partial charge in [-0.05, 0) is 12.1 Å². The first kappa shape index (κ1) is 14.0. The van der Waals surface area contributed by atoms with Crippen LogP contribution in [-0.4, -0.2) is 44.7 Å². The molecule has 110 valence electrons. The largest absolute Gasteiger partial charge is 0.336 e. The number of nitrogens with zero attached hydrogens (tertiary/aromatic N) is 4. The monoisotopic (exact) mass is 305 g/mol. The van der Waals surface area contributed by atoms with E-state index in [2.05, 4.69) is 10.1 Å². The molecule has 0 aliphatic carbocycles. The number of carbonyl (C=O) groups excluding carboxylic acids is 1. The van der Waals surface area contributed by atoms with Gasteiger partial charge in [0.1, 0.15) is 0 Å². The number of nitrogens with two attached hydrogens (primary N) is 1. The molecule has 0 spiro atoms. The summed E-state index contributed by atoms with van der Waals surface area (Å²) in [7, 11) is 1.88. The molecule has 1 saturated heterocycles. The molecule has 3 heterocycles. The average molecular weight is 306 g/mol. The molecule has 1 aliphatic rings. The van der Waals surface area contributed by atoms with Crippen LogP contribution in [0.2, 0.25) is 5.02 Å². The predicted molar refractivity (Wildman–Crippen MR) is 79.1 cm³/mol. The van der Waals surface area contributed by atoms with Crippen molar-refractivity contribution in [3.05, 3.63) is 47.0 Å². The molecule has 6 nitrogen and oxygen atoms in total. The Kier molecular flexibility index (Phi) is 3.65. The molecule has 1 amide bonds. The van der Waals surface area contributed by atoms with E-state index in [0.29, 0.717) is 23.7 Å². The second-order valence-corrected chi connectivity index (χ2v) is 5.62. The predicted octanol–water partition coefficient (Wildman–Crippen LogP) is 1.04. The van der Waals surface area contributed by atoms with Gasteiger partial charge < -0.3 is 10.6 Å². The Morgan fingerprint density at radius 1 is 1.38 bits per heavy atom. The molecule has 2 aromatic heterocycles. The number of hydrogen-bond donors (Lipinski definition) is 1. The van der Waals surface area contributed by atoms with Gasteiger partial charge in [-0.1, -0.05) is 11.6 Å². The quantitative estimate of drug-likeness (QED) is 0.899. The maximum absolute atomic E-state index is 12.5. The van der Waals surface area contributed by atoms with Crippen LogP contribution in [0.25, 0.3) is 0 Å². The van der Waals surface area contributed by atoms with E-state index in [9.17, 15) is 4.79 Å². The van der Waals surface area contributed by atoms with Crippen LogP contribution >= 0.6 is 11.6 Å². The standard InChI is InChI=1S/C14H16ClN5O/c1-19-13(3-5-18-19)10-7-20(8-12(10)16)14(21)9-2-4-17-6-11(9)15/h2-6,10,12H,7-8,16H2,1H3/t10-,12-/m1/s1. The van der Waals surface area contributed by atoms with Crippen molar-refractivity contribution in [2.45, 2.75) is 12.0 Å². The summed E-state index contributed by atoms with van der Waals surface area (Å²) >= 11 is 6.04. The summed E-state index contributed by atoms with van der Waals surface area (Å²) in [5, 5.41) is 4.53. The first-order chi connectivity index (χ1) is 10.1.